The van der Waals surface area contributed by atoms with Crippen molar-refractivity contribution >= 4 is 17.7 Å². The molecule has 0 bridgehead atoms. The van der Waals surface area contributed by atoms with Crippen molar-refractivity contribution in [2.75, 3.05) is 25.5 Å². The van der Waals surface area contributed by atoms with Crippen molar-refractivity contribution in [1.29, 1.82) is 0 Å². The van der Waals surface area contributed by atoms with Gasteiger partial charge in [0.25, 0.3) is 0 Å². The lowest BCUT2D eigenvalue weighted by Gasteiger charge is -2.24. The number of hydrogen-bond acceptors (Lipinski definition) is 3. The molecule has 1 fully saturated rings. The van der Waals surface area contributed by atoms with Crippen LogP contribution in [0.1, 0.15) is 17.9 Å². The zero-order valence-electron chi connectivity index (χ0n) is 10.3. The number of hydrogen-bond donors (Lipinski definition) is 0. The summed E-state index contributed by atoms with van der Waals surface area (Å²) in [5, 5.41) is -0.0152. The third kappa shape index (κ3) is 3.03. The predicted octanol–water partition coefficient (Wildman–Crippen LogP) is 2.44. The molecule has 1 aromatic rings. The lowest BCUT2D eigenvalue weighted by Crippen LogP contribution is -2.31. The van der Waals surface area contributed by atoms with Crippen molar-refractivity contribution in [2.24, 2.45) is 0 Å². The molecule has 2 rings (SSSR count). The molecule has 1 unspecified atom stereocenters. The normalized spacial score (nSPS) is 19.6. The molecule has 0 radical (unpaired) electrons. The molecule has 98 valence electrons. The Balaban J connectivity index is 2.06. The first-order valence-corrected chi connectivity index (χ1v) is 7.01. The maximum absolute atomic E-state index is 12.9. The molecule has 1 saturated heterocycles. The minimum absolute atomic E-state index is 0.0152. The highest BCUT2D eigenvalue weighted by Crippen LogP contribution is 2.38. The number of carbonyl (C=O) groups excluding carboxylic acids is 1. The number of amides is 1. The van der Waals surface area contributed by atoms with E-state index in [9.17, 15) is 9.18 Å². The summed E-state index contributed by atoms with van der Waals surface area (Å²) < 4.78 is 18.2. The maximum atomic E-state index is 12.9. The van der Waals surface area contributed by atoms with Crippen LogP contribution in [0.2, 0.25) is 0 Å². The van der Waals surface area contributed by atoms with Gasteiger partial charge in [-0.25, -0.2) is 4.39 Å². The molecule has 3 nitrogen and oxygen atoms in total. The third-order valence-electron chi connectivity index (χ3n) is 2.80. The van der Waals surface area contributed by atoms with Gasteiger partial charge in [-0.3, -0.25) is 4.79 Å². The highest BCUT2D eigenvalue weighted by Gasteiger charge is 2.32. The summed E-state index contributed by atoms with van der Waals surface area (Å²) in [4.78, 5) is 13.6. The average Bonchev–Trinajstić information content (AvgIpc) is 2.73. The van der Waals surface area contributed by atoms with Gasteiger partial charge in [-0.05, 0) is 24.6 Å². The van der Waals surface area contributed by atoms with Gasteiger partial charge in [-0.15, -0.1) is 11.8 Å². The van der Waals surface area contributed by atoms with Gasteiger partial charge in [0.1, 0.15) is 11.2 Å². The zero-order valence-corrected chi connectivity index (χ0v) is 11.1. The second-order valence-corrected chi connectivity index (χ2v) is 5.07. The van der Waals surface area contributed by atoms with Crippen LogP contribution in [-0.4, -0.2) is 36.3 Å². The predicted molar refractivity (Wildman–Crippen MR) is 69.8 cm³/mol. The van der Waals surface area contributed by atoms with E-state index in [2.05, 4.69) is 0 Å². The highest BCUT2D eigenvalue weighted by molar-refractivity contribution is 8.00. The van der Waals surface area contributed by atoms with Crippen LogP contribution in [0.15, 0.2) is 24.3 Å². The Morgan fingerprint density at radius 3 is 2.83 bits per heavy atom. The molecule has 1 atom stereocenters. The Morgan fingerprint density at radius 1 is 1.44 bits per heavy atom. The van der Waals surface area contributed by atoms with Crippen LogP contribution >= 0.6 is 11.8 Å². The van der Waals surface area contributed by atoms with E-state index in [-0.39, 0.29) is 17.1 Å². The Kier molecular flexibility index (Phi) is 4.60. The molecule has 0 aromatic heterocycles. The summed E-state index contributed by atoms with van der Waals surface area (Å²) in [6.07, 6.45) is 0. The van der Waals surface area contributed by atoms with Gasteiger partial charge in [0.05, 0.1) is 12.4 Å². The van der Waals surface area contributed by atoms with Gasteiger partial charge >= 0.3 is 0 Å². The number of thioether (sulfide) groups is 1. The second-order valence-electron chi connectivity index (χ2n) is 4.00. The topological polar surface area (TPSA) is 29.5 Å². The number of nitrogens with zero attached hydrogens (tertiary/aromatic N) is 1. The van der Waals surface area contributed by atoms with E-state index in [0.29, 0.717) is 25.5 Å². The quantitative estimate of drug-likeness (QED) is 0.769. The Labute approximate surface area is 110 Å². The molecular formula is C13H16FNO2S. The Hall–Kier alpha value is -1.07. The molecule has 1 heterocycles. The van der Waals surface area contributed by atoms with Crippen LogP contribution in [0.4, 0.5) is 4.39 Å². The summed E-state index contributed by atoms with van der Waals surface area (Å²) in [6, 6.07) is 6.33. The van der Waals surface area contributed by atoms with E-state index < -0.39 is 0 Å². The first-order valence-electron chi connectivity index (χ1n) is 5.96. The molecule has 0 spiro atoms. The fraction of sp³-hybridized carbons (Fsp3) is 0.462. The molecule has 1 aliphatic rings. The number of halogens is 1. The monoisotopic (exact) mass is 269 g/mol. The highest BCUT2D eigenvalue weighted by atomic mass is 32.2. The molecule has 1 aromatic carbocycles. The second kappa shape index (κ2) is 6.20. The summed E-state index contributed by atoms with van der Waals surface area (Å²) in [7, 11) is 0. The molecule has 1 amide bonds. The van der Waals surface area contributed by atoms with Gasteiger partial charge in [0.15, 0.2) is 0 Å². The van der Waals surface area contributed by atoms with Gasteiger partial charge < -0.3 is 9.64 Å². The van der Waals surface area contributed by atoms with Gasteiger partial charge in [0, 0.05) is 13.2 Å². The van der Waals surface area contributed by atoms with Crippen LogP contribution in [0.25, 0.3) is 0 Å². The van der Waals surface area contributed by atoms with Crippen molar-refractivity contribution in [1.82, 2.24) is 4.90 Å². The average molecular weight is 269 g/mol. The van der Waals surface area contributed by atoms with Gasteiger partial charge in [-0.2, -0.15) is 0 Å². The first kappa shape index (κ1) is 13.4. The van der Waals surface area contributed by atoms with Gasteiger partial charge in [-0.1, -0.05) is 12.1 Å². The molecular weight excluding hydrogens is 253 g/mol. The van der Waals surface area contributed by atoms with E-state index in [1.54, 1.807) is 28.8 Å². The lowest BCUT2D eigenvalue weighted by atomic mass is 10.2. The standard InChI is InChI=1S/C13H16FNO2S/c1-2-17-8-7-15-12(16)9-18-13(15)10-3-5-11(14)6-4-10/h3-6,13H,2,7-9H2,1H3. The Morgan fingerprint density at radius 2 is 2.17 bits per heavy atom. The van der Waals surface area contributed by atoms with Crippen molar-refractivity contribution in [3.8, 4) is 0 Å². The van der Waals surface area contributed by atoms with E-state index in [0.717, 1.165) is 5.56 Å². The number of ether oxygens (including phenoxy) is 1. The van der Waals surface area contributed by atoms with Crippen LogP contribution in [0.3, 0.4) is 0 Å². The van der Waals surface area contributed by atoms with Crippen molar-refractivity contribution in [2.45, 2.75) is 12.3 Å². The smallest absolute Gasteiger partial charge is 0.233 e. The molecule has 0 N–H and O–H groups in total. The lowest BCUT2D eigenvalue weighted by molar-refractivity contribution is -0.128. The zero-order chi connectivity index (χ0) is 13.0. The largest absolute Gasteiger partial charge is 0.380 e. The van der Waals surface area contributed by atoms with Crippen LogP contribution < -0.4 is 0 Å². The number of carbonyl (C=O) groups is 1. The Bertz CT molecular complexity index is 410. The van der Waals surface area contributed by atoms with Crippen LogP contribution in [-0.2, 0) is 9.53 Å². The minimum Gasteiger partial charge on any atom is -0.380 e. The molecule has 1 aliphatic heterocycles. The SMILES string of the molecule is CCOCCN1C(=O)CSC1c1ccc(F)cc1. The number of rotatable bonds is 5. The first-order chi connectivity index (χ1) is 8.72. The molecule has 0 saturated carbocycles. The van der Waals surface area contributed by atoms with E-state index in [4.69, 9.17) is 4.74 Å². The van der Waals surface area contributed by atoms with E-state index in [1.807, 2.05) is 6.92 Å². The molecule has 0 aliphatic carbocycles. The summed E-state index contributed by atoms with van der Waals surface area (Å²) in [6.45, 7) is 3.70. The number of benzene rings is 1. The van der Waals surface area contributed by atoms with Crippen molar-refractivity contribution in [3.63, 3.8) is 0 Å². The molecule has 5 heteroatoms. The van der Waals surface area contributed by atoms with Crippen molar-refractivity contribution in [3.05, 3.63) is 35.6 Å². The molecule has 18 heavy (non-hydrogen) atoms. The fourth-order valence-electron chi connectivity index (χ4n) is 1.91. The third-order valence-corrected chi connectivity index (χ3v) is 4.06. The van der Waals surface area contributed by atoms with Crippen LogP contribution in [0, 0.1) is 5.82 Å². The summed E-state index contributed by atoms with van der Waals surface area (Å²) in [5.74, 6) is 0.344. The van der Waals surface area contributed by atoms with Crippen molar-refractivity contribution < 1.29 is 13.9 Å². The fourth-order valence-corrected chi connectivity index (χ4v) is 3.13. The minimum atomic E-state index is -0.256. The van der Waals surface area contributed by atoms with Crippen LogP contribution in [0.5, 0.6) is 0 Å². The summed E-state index contributed by atoms with van der Waals surface area (Å²) in [5.41, 5.74) is 0.962. The maximum Gasteiger partial charge on any atom is 0.233 e. The summed E-state index contributed by atoms with van der Waals surface area (Å²) >= 11 is 1.57. The van der Waals surface area contributed by atoms with E-state index >= 15 is 0 Å². The van der Waals surface area contributed by atoms with Gasteiger partial charge in [0.2, 0.25) is 5.91 Å². The van der Waals surface area contributed by atoms with E-state index in [1.165, 1.54) is 12.1 Å².